The summed E-state index contributed by atoms with van der Waals surface area (Å²) in [5.41, 5.74) is 4.78. The molecule has 4 rings (SSSR count). The van der Waals surface area contributed by atoms with Gasteiger partial charge in [-0.05, 0) is 72.4 Å². The molecule has 3 aromatic carbocycles. The number of aromatic nitrogens is 1. The van der Waals surface area contributed by atoms with Crippen molar-refractivity contribution in [2.75, 3.05) is 6.54 Å². The van der Waals surface area contributed by atoms with Crippen molar-refractivity contribution in [1.29, 1.82) is 0 Å². The molecule has 1 heterocycles. The largest absolute Gasteiger partial charge is 0.390 e. The summed E-state index contributed by atoms with van der Waals surface area (Å²) in [5.74, 6) is -1.80. The Morgan fingerprint density at radius 2 is 1.79 bits per heavy atom. The van der Waals surface area contributed by atoms with Gasteiger partial charge in [-0.2, -0.15) is 0 Å². The minimum absolute atomic E-state index is 0.0553. The van der Waals surface area contributed by atoms with Gasteiger partial charge in [0.2, 0.25) is 0 Å². The van der Waals surface area contributed by atoms with Crippen LogP contribution in [0, 0.1) is 18.6 Å². The molecule has 0 saturated carbocycles. The number of hydrogen-bond donors (Lipinski definition) is 3. The van der Waals surface area contributed by atoms with Gasteiger partial charge in [-0.15, -0.1) is 11.3 Å². The fourth-order valence-corrected chi connectivity index (χ4v) is 5.01. The van der Waals surface area contributed by atoms with E-state index >= 15 is 0 Å². The van der Waals surface area contributed by atoms with Crippen LogP contribution in [0.3, 0.4) is 0 Å². The average Bonchev–Trinajstić information content (AvgIpc) is 3.43. The summed E-state index contributed by atoms with van der Waals surface area (Å²) in [6.07, 6.45) is 1.68. The first kappa shape index (κ1) is 27.6. The molecule has 1 amide bonds. The molecule has 0 bridgehead atoms. The Morgan fingerprint density at radius 3 is 2.50 bits per heavy atom. The van der Waals surface area contributed by atoms with Gasteiger partial charge in [0, 0.05) is 41.9 Å². The monoisotopic (exact) mass is 535 g/mol. The maximum Gasteiger partial charge on any atom is 0.251 e. The Bertz CT molecular complexity index is 1360. The number of carbonyl (C=O) groups excluding carboxylic acids is 1. The van der Waals surface area contributed by atoms with E-state index in [9.17, 15) is 18.7 Å². The molecule has 1 aromatic heterocycles. The lowest BCUT2D eigenvalue weighted by molar-refractivity contribution is 0.0830. The highest BCUT2D eigenvalue weighted by molar-refractivity contribution is 7.13. The van der Waals surface area contributed by atoms with E-state index in [1.165, 1.54) is 29.0 Å². The van der Waals surface area contributed by atoms with E-state index in [1.807, 2.05) is 30.5 Å². The van der Waals surface area contributed by atoms with Crippen molar-refractivity contribution in [2.45, 2.75) is 45.4 Å². The molecular weight excluding hydrogens is 504 g/mol. The standard InChI is InChI=1S/C30H31F2N3O2S/c1-3-20-5-4-6-21(11-20)17-33-18-28(36)27(14-22-12-25(31)16-26(32)13-22)35-29(37)23-9-19(2)10-24(15-23)30-34-7-8-38-30/h4-13,15-16,27-28,33,36H,3,14,17-18H2,1-2H3,(H,35,37). The Morgan fingerprint density at radius 1 is 1.03 bits per heavy atom. The van der Waals surface area contributed by atoms with Crippen LogP contribution in [0.1, 0.15) is 39.5 Å². The zero-order valence-corrected chi connectivity index (χ0v) is 22.2. The summed E-state index contributed by atoms with van der Waals surface area (Å²) >= 11 is 1.48. The number of benzene rings is 3. The highest BCUT2D eigenvalue weighted by Crippen LogP contribution is 2.24. The van der Waals surface area contributed by atoms with Gasteiger partial charge in [-0.3, -0.25) is 4.79 Å². The van der Waals surface area contributed by atoms with E-state index in [2.05, 4.69) is 34.7 Å². The van der Waals surface area contributed by atoms with Crippen molar-refractivity contribution in [3.05, 3.63) is 112 Å². The lowest BCUT2D eigenvalue weighted by Gasteiger charge is -2.25. The van der Waals surface area contributed by atoms with Gasteiger partial charge in [0.15, 0.2) is 0 Å². The molecule has 5 nitrogen and oxygen atoms in total. The van der Waals surface area contributed by atoms with Crippen LogP contribution in [0.25, 0.3) is 10.6 Å². The van der Waals surface area contributed by atoms with E-state index in [-0.39, 0.29) is 18.9 Å². The Hall–Kier alpha value is -3.46. The molecule has 0 saturated heterocycles. The summed E-state index contributed by atoms with van der Waals surface area (Å²) in [7, 11) is 0. The zero-order chi connectivity index (χ0) is 27.1. The van der Waals surface area contributed by atoms with Crippen LogP contribution in [-0.4, -0.2) is 34.7 Å². The quantitative estimate of drug-likeness (QED) is 0.239. The number of carbonyl (C=O) groups is 1. The molecule has 0 spiro atoms. The predicted octanol–water partition coefficient (Wildman–Crippen LogP) is 5.45. The van der Waals surface area contributed by atoms with Gasteiger partial charge in [0.25, 0.3) is 5.91 Å². The van der Waals surface area contributed by atoms with Crippen LogP contribution in [0.4, 0.5) is 8.78 Å². The van der Waals surface area contributed by atoms with Crippen LogP contribution in [-0.2, 0) is 19.4 Å². The number of hydrogen-bond acceptors (Lipinski definition) is 5. The molecule has 0 fully saturated rings. The SMILES string of the molecule is CCc1cccc(CNCC(O)C(Cc2cc(F)cc(F)c2)NC(=O)c2cc(C)cc(-c3nccs3)c2)c1. The van der Waals surface area contributed by atoms with Crippen LogP contribution in [0.15, 0.2) is 72.2 Å². The maximum absolute atomic E-state index is 13.9. The molecule has 8 heteroatoms. The molecule has 2 unspecified atom stereocenters. The van der Waals surface area contributed by atoms with Crippen molar-refractivity contribution >= 4 is 17.2 Å². The zero-order valence-electron chi connectivity index (χ0n) is 21.4. The molecular formula is C30H31F2N3O2S. The Balaban J connectivity index is 1.51. The van der Waals surface area contributed by atoms with Gasteiger partial charge in [-0.25, -0.2) is 13.8 Å². The van der Waals surface area contributed by atoms with Gasteiger partial charge < -0.3 is 15.7 Å². The van der Waals surface area contributed by atoms with Gasteiger partial charge in [0.1, 0.15) is 16.6 Å². The molecule has 3 N–H and O–H groups in total. The van der Waals surface area contributed by atoms with E-state index in [4.69, 9.17) is 0 Å². The summed E-state index contributed by atoms with van der Waals surface area (Å²) in [6, 6.07) is 16.1. The van der Waals surface area contributed by atoms with E-state index in [1.54, 1.807) is 18.3 Å². The topological polar surface area (TPSA) is 74.2 Å². The molecule has 2 atom stereocenters. The van der Waals surface area contributed by atoms with E-state index in [0.717, 1.165) is 34.2 Å². The average molecular weight is 536 g/mol. The number of nitrogens with zero attached hydrogens (tertiary/aromatic N) is 1. The van der Waals surface area contributed by atoms with Crippen LogP contribution >= 0.6 is 11.3 Å². The van der Waals surface area contributed by atoms with Crippen LogP contribution < -0.4 is 10.6 Å². The van der Waals surface area contributed by atoms with Gasteiger partial charge in [-0.1, -0.05) is 31.2 Å². The van der Waals surface area contributed by atoms with Crippen LogP contribution in [0.2, 0.25) is 0 Å². The Kier molecular flexibility index (Phi) is 9.33. The summed E-state index contributed by atoms with van der Waals surface area (Å²) < 4.78 is 27.8. The second-order valence-corrected chi connectivity index (χ2v) is 10.3. The number of aliphatic hydroxyl groups is 1. The summed E-state index contributed by atoms with van der Waals surface area (Å²) in [5, 5.41) is 19.9. The first-order chi connectivity index (χ1) is 18.3. The fraction of sp³-hybridized carbons (Fsp3) is 0.267. The number of rotatable bonds is 11. The van der Waals surface area contributed by atoms with Crippen molar-refractivity contribution in [3.63, 3.8) is 0 Å². The first-order valence-corrected chi connectivity index (χ1v) is 13.4. The second-order valence-electron chi connectivity index (χ2n) is 9.36. The molecule has 0 aliphatic rings. The first-order valence-electron chi connectivity index (χ1n) is 12.5. The third-order valence-electron chi connectivity index (χ3n) is 6.26. The molecule has 0 aliphatic heterocycles. The highest BCUT2D eigenvalue weighted by Gasteiger charge is 2.23. The van der Waals surface area contributed by atoms with Crippen molar-refractivity contribution in [2.24, 2.45) is 0 Å². The lowest BCUT2D eigenvalue weighted by atomic mass is 9.99. The third kappa shape index (κ3) is 7.54. The lowest BCUT2D eigenvalue weighted by Crippen LogP contribution is -2.48. The minimum atomic E-state index is -1.01. The minimum Gasteiger partial charge on any atom is -0.390 e. The molecule has 0 aliphatic carbocycles. The highest BCUT2D eigenvalue weighted by atomic mass is 32.1. The van der Waals surface area contributed by atoms with Gasteiger partial charge >= 0.3 is 0 Å². The molecule has 38 heavy (non-hydrogen) atoms. The number of thiazole rings is 1. The number of nitrogens with one attached hydrogen (secondary N) is 2. The number of amides is 1. The Labute approximate surface area is 225 Å². The van der Waals surface area contributed by atoms with Gasteiger partial charge in [0.05, 0.1) is 12.1 Å². The summed E-state index contributed by atoms with van der Waals surface area (Å²) in [4.78, 5) is 17.6. The van der Waals surface area contributed by atoms with E-state index < -0.39 is 23.8 Å². The fourth-order valence-electron chi connectivity index (χ4n) is 4.39. The van der Waals surface area contributed by atoms with Crippen molar-refractivity contribution in [3.8, 4) is 10.6 Å². The van der Waals surface area contributed by atoms with Crippen molar-refractivity contribution < 1.29 is 18.7 Å². The molecule has 4 aromatic rings. The number of halogens is 2. The predicted molar refractivity (Wildman–Crippen MR) is 147 cm³/mol. The van der Waals surface area contributed by atoms with Crippen molar-refractivity contribution in [1.82, 2.24) is 15.6 Å². The molecule has 198 valence electrons. The maximum atomic E-state index is 13.9. The van der Waals surface area contributed by atoms with Crippen LogP contribution in [0.5, 0.6) is 0 Å². The second kappa shape index (κ2) is 12.9. The third-order valence-corrected chi connectivity index (χ3v) is 7.08. The molecule has 0 radical (unpaired) electrons. The normalized spacial score (nSPS) is 12.8. The van der Waals surface area contributed by atoms with E-state index in [0.29, 0.717) is 17.7 Å². The summed E-state index contributed by atoms with van der Waals surface area (Å²) in [6.45, 7) is 4.70. The smallest absolute Gasteiger partial charge is 0.251 e. The number of aliphatic hydroxyl groups excluding tert-OH is 1. The number of aryl methyl sites for hydroxylation is 2.